The molecule has 0 aliphatic rings. The summed E-state index contributed by atoms with van der Waals surface area (Å²) in [6.07, 6.45) is 11.8. The van der Waals surface area contributed by atoms with Crippen molar-refractivity contribution < 1.29 is 73.6 Å². The van der Waals surface area contributed by atoms with Crippen LogP contribution in [0.2, 0.25) is 0 Å². The quantitative estimate of drug-likeness (QED) is 0.0172. The maximum absolute atomic E-state index is 9.10. The second-order valence-corrected chi connectivity index (χ2v) is 19.3. The Hall–Kier alpha value is -9.39. The Kier molecular flexibility index (Phi) is 28.3. The first-order valence-corrected chi connectivity index (χ1v) is 26.9. The van der Waals surface area contributed by atoms with Crippen molar-refractivity contribution in [1.82, 2.24) is 30.9 Å². The number of anilines is 3. The summed E-state index contributed by atoms with van der Waals surface area (Å²) in [5, 5.41) is 69.8. The van der Waals surface area contributed by atoms with Crippen molar-refractivity contribution >= 4 is 85.6 Å². The van der Waals surface area contributed by atoms with Crippen molar-refractivity contribution in [3.63, 3.8) is 0 Å². The van der Waals surface area contributed by atoms with Crippen LogP contribution in [0.1, 0.15) is 76.0 Å². The average molecular weight is 1160 g/mol. The number of carboxylic acid groups (broad SMARTS) is 6. The van der Waals surface area contributed by atoms with E-state index in [-0.39, 0.29) is 18.1 Å². The first-order chi connectivity index (χ1) is 40.2. The van der Waals surface area contributed by atoms with Crippen LogP contribution >= 0.6 is 0 Å². The molecule has 0 fully saturated rings. The fraction of sp³-hybridized carbons (Fsp3) is 0.350. The van der Waals surface area contributed by atoms with Gasteiger partial charge >= 0.3 is 35.8 Å². The van der Waals surface area contributed by atoms with E-state index < -0.39 is 35.8 Å². The number of methoxy groups -OCH3 is 3. The fourth-order valence-corrected chi connectivity index (χ4v) is 8.63. The van der Waals surface area contributed by atoms with Gasteiger partial charge < -0.3 is 76.8 Å². The molecule has 24 heteroatoms. The van der Waals surface area contributed by atoms with Crippen molar-refractivity contribution in [1.29, 1.82) is 0 Å². The monoisotopic (exact) mass is 1160 g/mol. The number of rotatable bonds is 27. The SMILES string of the molecule is COc1cc(NC(C)CCCNCc2cc(CNCCCC(C)Nc3cc(OC)cc4cccnc34)cc(CNCCCC(C)Nc3cc(OC)cc4cccnc34)c2)c2ncccc2c1.O=C(O)C(=O)O.O=C(O)C(=O)O.O=C(O)C(=O)O. The third-order valence-corrected chi connectivity index (χ3v) is 12.6. The third-order valence-electron chi connectivity index (χ3n) is 12.6. The molecule has 0 spiro atoms. The molecule has 12 N–H and O–H groups in total. The molecule has 0 amide bonds. The van der Waals surface area contributed by atoms with Crippen molar-refractivity contribution in [2.75, 3.05) is 56.9 Å². The molecule has 0 radical (unpaired) electrons. The normalized spacial score (nSPS) is 11.6. The lowest BCUT2D eigenvalue weighted by molar-refractivity contribution is -0.159. The van der Waals surface area contributed by atoms with Gasteiger partial charge in [-0.3, -0.25) is 15.0 Å². The molecule has 3 aromatic heterocycles. The molecular formula is C60H75N9O15. The van der Waals surface area contributed by atoms with E-state index in [9.17, 15) is 0 Å². The van der Waals surface area contributed by atoms with E-state index in [4.69, 9.17) is 73.6 Å². The van der Waals surface area contributed by atoms with E-state index in [1.165, 1.54) is 16.7 Å². The highest BCUT2D eigenvalue weighted by atomic mass is 16.5. The van der Waals surface area contributed by atoms with Gasteiger partial charge in [-0.05, 0) is 132 Å². The lowest BCUT2D eigenvalue weighted by Crippen LogP contribution is -2.22. The lowest BCUT2D eigenvalue weighted by atomic mass is 10.0. The van der Waals surface area contributed by atoms with Crippen LogP contribution in [0, 0.1) is 0 Å². The molecule has 0 aliphatic heterocycles. The minimum atomic E-state index is -1.82. The molecule has 24 nitrogen and oxygen atoms in total. The van der Waals surface area contributed by atoms with Gasteiger partial charge in [0.1, 0.15) is 17.2 Å². The van der Waals surface area contributed by atoms with E-state index in [0.717, 1.165) is 145 Å². The first-order valence-electron chi connectivity index (χ1n) is 26.9. The van der Waals surface area contributed by atoms with Crippen LogP contribution in [0.4, 0.5) is 17.1 Å². The van der Waals surface area contributed by atoms with E-state index in [2.05, 4.69) is 104 Å². The summed E-state index contributed by atoms with van der Waals surface area (Å²) in [6, 6.07) is 32.2. The Labute approximate surface area is 486 Å². The first kappa shape index (κ1) is 67.1. The number of benzene rings is 4. The predicted molar refractivity (Wildman–Crippen MR) is 319 cm³/mol. The molecule has 84 heavy (non-hydrogen) atoms. The molecule has 450 valence electrons. The number of aromatic nitrogens is 3. The number of hydrogen-bond acceptors (Lipinski definition) is 18. The smallest absolute Gasteiger partial charge is 0.414 e. The highest BCUT2D eigenvalue weighted by Gasteiger charge is 2.14. The minimum Gasteiger partial charge on any atom is -0.497 e. The number of carboxylic acids is 6. The Morgan fingerprint density at radius 2 is 0.655 bits per heavy atom. The van der Waals surface area contributed by atoms with Crippen LogP contribution in [-0.4, -0.2) is 140 Å². The summed E-state index contributed by atoms with van der Waals surface area (Å²) in [6.45, 7) is 12.0. The van der Waals surface area contributed by atoms with Crippen molar-refractivity contribution in [3.05, 3.63) is 126 Å². The summed E-state index contributed by atoms with van der Waals surface area (Å²) < 4.78 is 16.7. The minimum absolute atomic E-state index is 0.284. The van der Waals surface area contributed by atoms with E-state index in [0.29, 0.717) is 0 Å². The summed E-state index contributed by atoms with van der Waals surface area (Å²) in [5.41, 5.74) is 9.84. The number of fused-ring (bicyclic) bond motifs is 3. The second-order valence-electron chi connectivity index (χ2n) is 19.3. The van der Waals surface area contributed by atoms with Crippen LogP contribution < -0.4 is 46.1 Å². The Morgan fingerprint density at radius 3 is 0.881 bits per heavy atom. The van der Waals surface area contributed by atoms with Gasteiger partial charge in [-0.15, -0.1) is 0 Å². The van der Waals surface area contributed by atoms with Crippen molar-refractivity contribution in [2.24, 2.45) is 0 Å². The number of aliphatic carboxylic acids is 6. The molecule has 7 rings (SSSR count). The molecule has 0 saturated heterocycles. The van der Waals surface area contributed by atoms with Crippen LogP contribution in [0.3, 0.4) is 0 Å². The van der Waals surface area contributed by atoms with Gasteiger partial charge in [0, 0.05) is 90.7 Å². The van der Waals surface area contributed by atoms with Gasteiger partial charge in [0.05, 0.1) is 54.9 Å². The van der Waals surface area contributed by atoms with Gasteiger partial charge in [-0.2, -0.15) is 0 Å². The van der Waals surface area contributed by atoms with E-state index in [1.807, 2.05) is 73.2 Å². The second kappa shape index (κ2) is 35.5. The molecular weight excluding hydrogens is 1090 g/mol. The highest BCUT2D eigenvalue weighted by Crippen LogP contribution is 2.31. The van der Waals surface area contributed by atoms with Crippen LogP contribution in [0.15, 0.2) is 110 Å². The van der Waals surface area contributed by atoms with Crippen LogP contribution in [-0.2, 0) is 48.4 Å². The van der Waals surface area contributed by atoms with Gasteiger partial charge in [0.15, 0.2) is 0 Å². The molecule has 0 aliphatic carbocycles. The number of ether oxygens (including phenoxy) is 3. The van der Waals surface area contributed by atoms with Crippen LogP contribution in [0.5, 0.6) is 17.2 Å². The molecule has 4 aromatic carbocycles. The third kappa shape index (κ3) is 23.6. The zero-order valence-corrected chi connectivity index (χ0v) is 47.8. The van der Waals surface area contributed by atoms with Crippen molar-refractivity contribution in [2.45, 2.75) is 97.1 Å². The van der Waals surface area contributed by atoms with E-state index >= 15 is 0 Å². The van der Waals surface area contributed by atoms with Gasteiger partial charge in [0.25, 0.3) is 0 Å². The Bertz CT molecular complexity index is 2900. The van der Waals surface area contributed by atoms with E-state index in [1.54, 1.807) is 21.3 Å². The summed E-state index contributed by atoms with van der Waals surface area (Å²) in [7, 11) is 5.12. The Morgan fingerprint density at radius 1 is 0.405 bits per heavy atom. The highest BCUT2D eigenvalue weighted by molar-refractivity contribution is 6.28. The maximum atomic E-state index is 9.10. The summed E-state index contributed by atoms with van der Waals surface area (Å²) in [4.78, 5) is 68.5. The van der Waals surface area contributed by atoms with Crippen molar-refractivity contribution in [3.8, 4) is 17.2 Å². The summed E-state index contributed by atoms with van der Waals surface area (Å²) in [5.74, 6) is -8.45. The molecule has 3 heterocycles. The summed E-state index contributed by atoms with van der Waals surface area (Å²) >= 11 is 0. The number of nitrogens with one attached hydrogen (secondary N) is 6. The number of nitrogens with zero attached hydrogens (tertiary/aromatic N) is 3. The predicted octanol–water partition coefficient (Wildman–Crippen LogP) is 7.94. The maximum Gasteiger partial charge on any atom is 0.414 e. The van der Waals surface area contributed by atoms with Crippen LogP contribution in [0.25, 0.3) is 32.7 Å². The molecule has 3 atom stereocenters. The molecule has 3 unspecified atom stereocenters. The number of pyridine rings is 3. The molecule has 7 aromatic rings. The Balaban J connectivity index is 0.000000729. The van der Waals surface area contributed by atoms with Gasteiger partial charge in [-0.25, -0.2) is 28.8 Å². The lowest BCUT2D eigenvalue weighted by Gasteiger charge is -2.18. The van der Waals surface area contributed by atoms with Gasteiger partial charge in [-0.1, -0.05) is 36.4 Å². The largest absolute Gasteiger partial charge is 0.497 e. The molecule has 0 bridgehead atoms. The zero-order chi connectivity index (χ0) is 61.6. The number of hydrogen-bond donors (Lipinski definition) is 12. The number of carbonyl (C=O) groups is 6. The standard InChI is InChI=1S/C54H69N9O3.3C2H2O4/c1-37(61-49-31-46(64-4)28-43-16-10-22-58-52(43)49)13-7-19-55-34-40-25-41(35-56-20-8-14-38(2)62-50-32-47(65-5)29-44-17-11-23-59-53(44)50)27-42(26-40)36-57-21-9-15-39(3)63-51-33-48(66-6)30-45-18-12-24-60-54(45)51;3*3-1(4)2(5)6/h10-12,16-18,22-33,37-39,55-57,61-63H,7-9,13-15,19-21,34-36H2,1-6H3;3*(H,3,4)(H,5,6). The molecule has 0 saturated carbocycles. The topological polar surface area (TPSA) is 362 Å². The van der Waals surface area contributed by atoms with Gasteiger partial charge in [0.2, 0.25) is 0 Å². The average Bonchev–Trinajstić information content (AvgIpc) is 3.61. The zero-order valence-electron chi connectivity index (χ0n) is 47.8. The fourth-order valence-electron chi connectivity index (χ4n) is 8.63.